The topological polar surface area (TPSA) is 66.4 Å². The predicted octanol–water partition coefficient (Wildman–Crippen LogP) is 1.26. The average molecular weight is 353 g/mol. The van der Waals surface area contributed by atoms with Crippen molar-refractivity contribution in [1.82, 2.24) is 0 Å². The van der Waals surface area contributed by atoms with Gasteiger partial charge in [0.05, 0.1) is 4.90 Å². The van der Waals surface area contributed by atoms with Crippen molar-refractivity contribution in [2.24, 2.45) is 0 Å². The minimum atomic E-state index is -4.17. The van der Waals surface area contributed by atoms with E-state index in [0.717, 1.165) is 22.1 Å². The summed E-state index contributed by atoms with van der Waals surface area (Å²) in [5.74, 6) is 0. The number of aryl methyl sites for hydroxylation is 1. The molecule has 0 radical (unpaired) electrons. The number of anilines is 2. The van der Waals surface area contributed by atoms with Gasteiger partial charge in [0.1, 0.15) is 0 Å². The summed E-state index contributed by atoms with van der Waals surface area (Å²) in [5.41, 5.74) is 3.09. The Bertz CT molecular complexity index is 944. The van der Waals surface area contributed by atoms with Crippen LogP contribution in [0.25, 0.3) is 10.8 Å². The van der Waals surface area contributed by atoms with E-state index in [1.54, 1.807) is 6.07 Å². The smallest absolute Gasteiger partial charge is 1.00 e. The Kier molecular flexibility index (Phi) is 6.02. The molecule has 0 spiro atoms. The zero-order chi connectivity index (χ0) is 15.7. The number of rotatable bonds is 3. The van der Waals surface area contributed by atoms with E-state index < -0.39 is 10.1 Å². The van der Waals surface area contributed by atoms with Crippen LogP contribution in [0.4, 0.5) is 11.4 Å². The largest absolute Gasteiger partial charge is 1.00 e. The fraction of sp³-hybridized carbons (Fsp3) is 0.0588. The van der Waals surface area contributed by atoms with Crippen LogP contribution < -0.4 is 56.7 Å². The number of hydrogen-bond donors (Lipinski definition) is 2. The first-order chi connectivity index (χ1) is 10.4. The third-order valence-corrected chi connectivity index (χ3v) is 4.30. The SMILES string of the molecule is Cc1ccc(Nc2ccc3cc(S(=O)(=O)O)ccc3c2)cc1.[H-].[K+]. The van der Waals surface area contributed by atoms with Crippen LogP contribution in [0.5, 0.6) is 0 Å². The summed E-state index contributed by atoms with van der Waals surface area (Å²) in [5, 5.41) is 4.95. The van der Waals surface area contributed by atoms with Crippen molar-refractivity contribution in [2.45, 2.75) is 11.8 Å². The minimum absolute atomic E-state index is 0. The monoisotopic (exact) mass is 353 g/mol. The summed E-state index contributed by atoms with van der Waals surface area (Å²) in [4.78, 5) is -0.0979. The molecule has 0 aliphatic rings. The van der Waals surface area contributed by atoms with E-state index in [-0.39, 0.29) is 57.7 Å². The second-order valence-electron chi connectivity index (χ2n) is 5.19. The number of benzene rings is 3. The van der Waals surface area contributed by atoms with Gasteiger partial charge in [-0.1, -0.05) is 29.8 Å². The molecule has 0 heterocycles. The van der Waals surface area contributed by atoms with Gasteiger partial charge in [-0.05, 0) is 54.1 Å². The van der Waals surface area contributed by atoms with Crippen LogP contribution in [0.3, 0.4) is 0 Å². The van der Waals surface area contributed by atoms with Gasteiger partial charge in [0.25, 0.3) is 10.1 Å². The molecule has 0 unspecified atom stereocenters. The molecule has 0 saturated heterocycles. The van der Waals surface area contributed by atoms with Crippen LogP contribution >= 0.6 is 0 Å². The van der Waals surface area contributed by atoms with Gasteiger partial charge < -0.3 is 6.74 Å². The molecule has 114 valence electrons. The first-order valence-corrected chi connectivity index (χ1v) is 8.21. The van der Waals surface area contributed by atoms with Gasteiger partial charge in [-0.15, -0.1) is 0 Å². The zero-order valence-electron chi connectivity index (χ0n) is 13.9. The third kappa shape index (κ3) is 4.64. The van der Waals surface area contributed by atoms with E-state index in [1.807, 2.05) is 49.4 Å². The molecule has 3 aromatic carbocycles. The maximum atomic E-state index is 11.2. The van der Waals surface area contributed by atoms with Crippen molar-refractivity contribution in [3.63, 3.8) is 0 Å². The maximum Gasteiger partial charge on any atom is 1.00 e. The number of nitrogens with one attached hydrogen (secondary N) is 1. The Hall–Kier alpha value is -0.734. The van der Waals surface area contributed by atoms with Gasteiger partial charge in [-0.2, -0.15) is 8.42 Å². The van der Waals surface area contributed by atoms with E-state index >= 15 is 0 Å². The minimum Gasteiger partial charge on any atom is -1.00 e. The Morgan fingerprint density at radius 2 is 1.43 bits per heavy atom. The standard InChI is InChI=1S/C17H15NO3S.K.H/c1-12-2-6-15(7-3-12)18-16-8-4-14-11-17(22(19,20)21)9-5-13(14)10-16;;/h2-11,18H,1H3,(H,19,20,21);;/q;+1;-1. The van der Waals surface area contributed by atoms with Crippen molar-refractivity contribution in [3.05, 3.63) is 66.2 Å². The zero-order valence-corrected chi connectivity index (χ0v) is 16.9. The molecule has 0 aliphatic carbocycles. The molecule has 0 atom stereocenters. The molecule has 23 heavy (non-hydrogen) atoms. The fourth-order valence-electron chi connectivity index (χ4n) is 2.27. The first-order valence-electron chi connectivity index (χ1n) is 6.77. The van der Waals surface area contributed by atoms with Crippen LogP contribution in [0.1, 0.15) is 6.99 Å². The third-order valence-electron chi connectivity index (χ3n) is 3.45. The fourth-order valence-corrected chi connectivity index (χ4v) is 2.78. The molecule has 3 rings (SSSR count). The Balaban J connectivity index is 0.00000144. The number of fused-ring (bicyclic) bond motifs is 1. The van der Waals surface area contributed by atoms with Crippen molar-refractivity contribution in [2.75, 3.05) is 5.32 Å². The van der Waals surface area contributed by atoms with Crippen LogP contribution in [0.15, 0.2) is 65.6 Å². The summed E-state index contributed by atoms with van der Waals surface area (Å²) in [7, 11) is -4.17. The molecule has 0 bridgehead atoms. The normalized spacial score (nSPS) is 11.0. The molecule has 0 saturated carbocycles. The van der Waals surface area contributed by atoms with Crippen LogP contribution in [0, 0.1) is 6.92 Å². The molecule has 2 N–H and O–H groups in total. The average Bonchev–Trinajstić information content (AvgIpc) is 2.48. The Morgan fingerprint density at radius 1 is 0.870 bits per heavy atom. The summed E-state index contributed by atoms with van der Waals surface area (Å²) in [6.07, 6.45) is 0. The second kappa shape index (κ2) is 7.44. The Labute approximate surface area is 179 Å². The van der Waals surface area contributed by atoms with Crippen molar-refractivity contribution < 1.29 is 65.8 Å². The van der Waals surface area contributed by atoms with Gasteiger partial charge >= 0.3 is 51.4 Å². The molecule has 0 fully saturated rings. The summed E-state index contributed by atoms with van der Waals surface area (Å²) >= 11 is 0. The maximum absolute atomic E-state index is 11.2. The van der Waals surface area contributed by atoms with Crippen molar-refractivity contribution >= 4 is 32.3 Å². The first kappa shape index (κ1) is 18.6. The molecular formula is C17H16KNO3S. The van der Waals surface area contributed by atoms with Gasteiger partial charge in [0.2, 0.25) is 0 Å². The van der Waals surface area contributed by atoms with Crippen LogP contribution in [0.2, 0.25) is 0 Å². The van der Waals surface area contributed by atoms with Gasteiger partial charge in [-0.3, -0.25) is 4.55 Å². The molecule has 3 aromatic rings. The van der Waals surface area contributed by atoms with E-state index in [0.29, 0.717) is 0 Å². The number of hydrogen-bond acceptors (Lipinski definition) is 3. The molecule has 4 nitrogen and oxygen atoms in total. The van der Waals surface area contributed by atoms with Crippen molar-refractivity contribution in [1.29, 1.82) is 0 Å². The second-order valence-corrected chi connectivity index (χ2v) is 6.61. The predicted molar refractivity (Wildman–Crippen MR) is 89.3 cm³/mol. The van der Waals surface area contributed by atoms with E-state index in [1.165, 1.54) is 17.7 Å². The van der Waals surface area contributed by atoms with Crippen LogP contribution in [-0.2, 0) is 10.1 Å². The molecule has 0 aliphatic heterocycles. The molecular weight excluding hydrogens is 337 g/mol. The quantitative estimate of drug-likeness (QED) is 0.549. The summed E-state index contributed by atoms with van der Waals surface area (Å²) in [6.45, 7) is 2.03. The Morgan fingerprint density at radius 3 is 2.09 bits per heavy atom. The molecule has 0 amide bonds. The van der Waals surface area contributed by atoms with E-state index in [4.69, 9.17) is 4.55 Å². The van der Waals surface area contributed by atoms with E-state index in [9.17, 15) is 8.42 Å². The molecule has 0 aromatic heterocycles. The van der Waals surface area contributed by atoms with Gasteiger partial charge in [0.15, 0.2) is 0 Å². The van der Waals surface area contributed by atoms with Gasteiger partial charge in [-0.25, -0.2) is 0 Å². The summed E-state index contributed by atoms with van der Waals surface area (Å²) < 4.78 is 31.4. The van der Waals surface area contributed by atoms with E-state index in [2.05, 4.69) is 5.32 Å². The van der Waals surface area contributed by atoms with Crippen molar-refractivity contribution in [3.8, 4) is 0 Å². The van der Waals surface area contributed by atoms with Gasteiger partial charge in [0, 0.05) is 11.4 Å². The summed E-state index contributed by atoms with van der Waals surface area (Å²) in [6, 6.07) is 18.2. The van der Waals surface area contributed by atoms with Crippen LogP contribution in [-0.4, -0.2) is 13.0 Å². The molecule has 6 heteroatoms.